The third kappa shape index (κ3) is 6.36. The highest BCUT2D eigenvalue weighted by Gasteiger charge is 2.11. The van der Waals surface area contributed by atoms with Crippen LogP contribution in [0.2, 0.25) is 0 Å². The molecule has 0 radical (unpaired) electrons. The SMILES string of the molecule is CCCOc1ccc(C(C)NCCOC)cc1OCCC. The van der Waals surface area contributed by atoms with Crippen LogP contribution in [0, 0.1) is 0 Å². The lowest BCUT2D eigenvalue weighted by Crippen LogP contribution is -2.22. The van der Waals surface area contributed by atoms with Crippen molar-refractivity contribution < 1.29 is 14.2 Å². The first-order chi connectivity index (χ1) is 10.2. The van der Waals surface area contributed by atoms with Crippen molar-refractivity contribution in [2.75, 3.05) is 33.5 Å². The van der Waals surface area contributed by atoms with Gasteiger partial charge in [-0.2, -0.15) is 0 Å². The van der Waals surface area contributed by atoms with E-state index in [1.807, 2.05) is 6.07 Å². The first-order valence-corrected chi connectivity index (χ1v) is 7.84. The molecule has 0 saturated carbocycles. The van der Waals surface area contributed by atoms with E-state index in [9.17, 15) is 0 Å². The zero-order chi connectivity index (χ0) is 15.5. The molecule has 0 bridgehead atoms. The Labute approximate surface area is 128 Å². The summed E-state index contributed by atoms with van der Waals surface area (Å²) in [5.74, 6) is 1.67. The highest BCUT2D eigenvalue weighted by Crippen LogP contribution is 2.31. The van der Waals surface area contributed by atoms with Gasteiger partial charge in [0.05, 0.1) is 19.8 Å². The lowest BCUT2D eigenvalue weighted by molar-refractivity contribution is 0.196. The molecule has 0 saturated heterocycles. The van der Waals surface area contributed by atoms with Gasteiger partial charge in [-0.25, -0.2) is 0 Å². The summed E-state index contributed by atoms with van der Waals surface area (Å²) in [4.78, 5) is 0. The maximum Gasteiger partial charge on any atom is 0.161 e. The third-order valence-corrected chi connectivity index (χ3v) is 3.15. The maximum atomic E-state index is 5.82. The van der Waals surface area contributed by atoms with Gasteiger partial charge in [-0.1, -0.05) is 19.9 Å². The summed E-state index contributed by atoms with van der Waals surface area (Å²) in [7, 11) is 1.71. The van der Waals surface area contributed by atoms with E-state index in [0.29, 0.717) is 19.8 Å². The van der Waals surface area contributed by atoms with Gasteiger partial charge in [0.15, 0.2) is 11.5 Å². The second-order valence-corrected chi connectivity index (χ2v) is 5.07. The van der Waals surface area contributed by atoms with E-state index in [-0.39, 0.29) is 6.04 Å². The molecule has 0 spiro atoms. The fraction of sp³-hybridized carbons (Fsp3) is 0.647. The number of nitrogens with one attached hydrogen (secondary N) is 1. The quantitative estimate of drug-likeness (QED) is 0.634. The van der Waals surface area contributed by atoms with Crippen LogP contribution in [0.3, 0.4) is 0 Å². The summed E-state index contributed by atoms with van der Waals surface area (Å²) in [5.41, 5.74) is 1.20. The lowest BCUT2D eigenvalue weighted by Gasteiger charge is -2.18. The molecule has 120 valence electrons. The number of benzene rings is 1. The van der Waals surface area contributed by atoms with Gasteiger partial charge in [0, 0.05) is 19.7 Å². The maximum absolute atomic E-state index is 5.82. The van der Waals surface area contributed by atoms with Crippen molar-refractivity contribution in [3.05, 3.63) is 23.8 Å². The molecule has 0 aromatic heterocycles. The Morgan fingerprint density at radius 2 is 1.67 bits per heavy atom. The minimum atomic E-state index is 0.254. The number of ether oxygens (including phenoxy) is 3. The van der Waals surface area contributed by atoms with Crippen molar-refractivity contribution >= 4 is 0 Å². The van der Waals surface area contributed by atoms with Crippen LogP contribution in [-0.2, 0) is 4.74 Å². The minimum absolute atomic E-state index is 0.254. The number of rotatable bonds is 11. The molecule has 0 aliphatic carbocycles. The van der Waals surface area contributed by atoms with E-state index in [1.165, 1.54) is 5.56 Å². The normalized spacial score (nSPS) is 12.2. The second kappa shape index (κ2) is 10.5. The molecule has 1 aromatic rings. The molecule has 21 heavy (non-hydrogen) atoms. The summed E-state index contributed by atoms with van der Waals surface area (Å²) >= 11 is 0. The first-order valence-electron chi connectivity index (χ1n) is 7.84. The fourth-order valence-electron chi connectivity index (χ4n) is 1.95. The van der Waals surface area contributed by atoms with E-state index < -0.39 is 0 Å². The predicted molar refractivity (Wildman–Crippen MR) is 86.3 cm³/mol. The molecule has 0 aliphatic rings. The highest BCUT2D eigenvalue weighted by atomic mass is 16.5. The third-order valence-electron chi connectivity index (χ3n) is 3.15. The van der Waals surface area contributed by atoms with Crippen molar-refractivity contribution in [2.24, 2.45) is 0 Å². The van der Waals surface area contributed by atoms with Gasteiger partial charge in [0.25, 0.3) is 0 Å². The van der Waals surface area contributed by atoms with Crippen LogP contribution in [-0.4, -0.2) is 33.5 Å². The number of hydrogen-bond donors (Lipinski definition) is 1. The average Bonchev–Trinajstić information content (AvgIpc) is 2.51. The van der Waals surface area contributed by atoms with E-state index in [0.717, 1.165) is 30.9 Å². The summed E-state index contributed by atoms with van der Waals surface area (Å²) in [6, 6.07) is 6.42. The van der Waals surface area contributed by atoms with E-state index in [1.54, 1.807) is 7.11 Å². The molecule has 0 heterocycles. The summed E-state index contributed by atoms with van der Waals surface area (Å²) in [6.45, 7) is 9.30. The Morgan fingerprint density at radius 1 is 1.00 bits per heavy atom. The van der Waals surface area contributed by atoms with E-state index >= 15 is 0 Å². The first kappa shape index (κ1) is 17.8. The Morgan fingerprint density at radius 3 is 2.29 bits per heavy atom. The van der Waals surface area contributed by atoms with Crippen molar-refractivity contribution in [3.8, 4) is 11.5 Å². The molecule has 4 heteroatoms. The van der Waals surface area contributed by atoms with Crippen LogP contribution in [0.25, 0.3) is 0 Å². The van der Waals surface area contributed by atoms with E-state index in [2.05, 4.69) is 38.2 Å². The smallest absolute Gasteiger partial charge is 0.161 e. The Kier molecular flexibility index (Phi) is 8.87. The Bertz CT molecular complexity index is 396. The molecule has 1 aromatic carbocycles. The van der Waals surface area contributed by atoms with Crippen LogP contribution in [0.1, 0.15) is 45.2 Å². The Balaban J connectivity index is 2.76. The molecule has 1 N–H and O–H groups in total. The summed E-state index contributed by atoms with van der Waals surface area (Å²) in [6.07, 6.45) is 1.98. The standard InChI is InChI=1S/C17H29NO3/c1-5-10-20-16-8-7-15(13-17(16)21-11-6-2)14(3)18-9-12-19-4/h7-8,13-14,18H,5-6,9-12H2,1-4H3. The molecular weight excluding hydrogens is 266 g/mol. The van der Waals surface area contributed by atoms with Gasteiger partial charge >= 0.3 is 0 Å². The van der Waals surface area contributed by atoms with Crippen molar-refractivity contribution in [2.45, 2.75) is 39.7 Å². The second-order valence-electron chi connectivity index (χ2n) is 5.07. The van der Waals surface area contributed by atoms with Gasteiger partial charge in [-0.15, -0.1) is 0 Å². The van der Waals surface area contributed by atoms with Crippen LogP contribution in [0.4, 0.5) is 0 Å². The molecule has 0 fully saturated rings. The molecule has 0 amide bonds. The number of methoxy groups -OCH3 is 1. The zero-order valence-electron chi connectivity index (χ0n) is 13.8. The monoisotopic (exact) mass is 295 g/mol. The molecule has 4 nitrogen and oxygen atoms in total. The van der Waals surface area contributed by atoms with Gasteiger partial charge < -0.3 is 19.5 Å². The lowest BCUT2D eigenvalue weighted by atomic mass is 10.1. The highest BCUT2D eigenvalue weighted by molar-refractivity contribution is 5.43. The molecule has 1 atom stereocenters. The van der Waals surface area contributed by atoms with Gasteiger partial charge in [-0.05, 0) is 37.5 Å². The molecular formula is C17H29NO3. The predicted octanol–water partition coefficient (Wildman–Crippen LogP) is 3.56. The van der Waals surface area contributed by atoms with Gasteiger partial charge in [0.1, 0.15) is 0 Å². The van der Waals surface area contributed by atoms with Gasteiger partial charge in [0.2, 0.25) is 0 Å². The number of hydrogen-bond acceptors (Lipinski definition) is 4. The summed E-state index contributed by atoms with van der Waals surface area (Å²) in [5, 5.41) is 3.42. The largest absolute Gasteiger partial charge is 0.490 e. The van der Waals surface area contributed by atoms with Crippen molar-refractivity contribution in [3.63, 3.8) is 0 Å². The Hall–Kier alpha value is -1.26. The topological polar surface area (TPSA) is 39.7 Å². The van der Waals surface area contributed by atoms with Crippen LogP contribution < -0.4 is 14.8 Å². The molecule has 1 unspecified atom stereocenters. The van der Waals surface area contributed by atoms with Crippen LogP contribution >= 0.6 is 0 Å². The van der Waals surface area contributed by atoms with E-state index in [4.69, 9.17) is 14.2 Å². The molecule has 0 aliphatic heterocycles. The van der Waals surface area contributed by atoms with Crippen LogP contribution in [0.5, 0.6) is 11.5 Å². The summed E-state index contributed by atoms with van der Waals surface area (Å²) < 4.78 is 16.6. The van der Waals surface area contributed by atoms with Gasteiger partial charge in [-0.3, -0.25) is 0 Å². The fourth-order valence-corrected chi connectivity index (χ4v) is 1.95. The minimum Gasteiger partial charge on any atom is -0.490 e. The zero-order valence-corrected chi connectivity index (χ0v) is 13.8. The van der Waals surface area contributed by atoms with Crippen LogP contribution in [0.15, 0.2) is 18.2 Å². The average molecular weight is 295 g/mol. The van der Waals surface area contributed by atoms with Crippen molar-refractivity contribution in [1.82, 2.24) is 5.32 Å². The molecule has 1 rings (SSSR count). The van der Waals surface area contributed by atoms with Crippen molar-refractivity contribution in [1.29, 1.82) is 0 Å².